The van der Waals surface area contributed by atoms with Crippen molar-refractivity contribution in [3.63, 3.8) is 0 Å². The van der Waals surface area contributed by atoms with E-state index in [4.69, 9.17) is 18.9 Å². The third kappa shape index (κ3) is 6.47. The highest BCUT2D eigenvalue weighted by Gasteiger charge is 2.25. The lowest BCUT2D eigenvalue weighted by atomic mass is 10.1. The largest absolute Gasteiger partial charge is 0.496 e. The Kier molecular flexibility index (Phi) is 7.91. The molecule has 0 unspecified atom stereocenters. The fourth-order valence-electron chi connectivity index (χ4n) is 3.42. The smallest absolute Gasteiger partial charge is 0.434 e. The number of aromatic nitrogens is 1. The van der Waals surface area contributed by atoms with Gasteiger partial charge in [0.05, 0.1) is 19.7 Å². The minimum Gasteiger partial charge on any atom is -0.496 e. The monoisotopic (exact) mass is 480 g/mol. The minimum atomic E-state index is -0.933. The van der Waals surface area contributed by atoms with Crippen LogP contribution in [-0.2, 0) is 32.0 Å². The van der Waals surface area contributed by atoms with Crippen LogP contribution in [0.5, 0.6) is 5.75 Å². The molecule has 184 valence electrons. The van der Waals surface area contributed by atoms with Gasteiger partial charge in [-0.3, -0.25) is 4.57 Å². The molecule has 0 saturated heterocycles. The number of carbonyl (C=O) groups is 3. The van der Waals surface area contributed by atoms with Crippen molar-refractivity contribution >= 4 is 34.8 Å². The lowest BCUT2D eigenvalue weighted by Crippen LogP contribution is -2.26. The number of nitrogens with zero attached hydrogens (tertiary/aromatic N) is 2. The highest BCUT2D eigenvalue weighted by atomic mass is 16.6. The number of ether oxygens (including phenoxy) is 4. The second kappa shape index (κ2) is 10.9. The molecule has 2 aromatic carbocycles. The van der Waals surface area contributed by atoms with Crippen molar-refractivity contribution in [2.75, 3.05) is 14.2 Å². The number of amides is 1. The van der Waals surface area contributed by atoms with E-state index in [0.717, 1.165) is 5.56 Å². The van der Waals surface area contributed by atoms with Gasteiger partial charge in [0.1, 0.15) is 23.7 Å². The first-order valence-electron chi connectivity index (χ1n) is 10.9. The summed E-state index contributed by atoms with van der Waals surface area (Å²) in [4.78, 5) is 41.5. The first-order chi connectivity index (χ1) is 16.6. The lowest BCUT2D eigenvalue weighted by molar-refractivity contribution is -0.132. The van der Waals surface area contributed by atoms with Gasteiger partial charge in [0.2, 0.25) is 0 Å². The Morgan fingerprint density at radius 3 is 2.31 bits per heavy atom. The van der Waals surface area contributed by atoms with E-state index in [0.29, 0.717) is 22.2 Å². The molecule has 0 N–H and O–H groups in total. The molecule has 0 spiro atoms. The van der Waals surface area contributed by atoms with Gasteiger partial charge >= 0.3 is 18.2 Å². The van der Waals surface area contributed by atoms with Crippen LogP contribution >= 0.6 is 0 Å². The molecule has 3 rings (SSSR count). The van der Waals surface area contributed by atoms with Crippen molar-refractivity contribution in [2.45, 2.75) is 39.4 Å². The molecule has 0 saturated carbocycles. The number of aliphatic imine (C=N–C) groups is 1. The number of esters is 1. The zero-order valence-electron chi connectivity index (χ0n) is 20.4. The Morgan fingerprint density at radius 1 is 0.971 bits per heavy atom. The fourth-order valence-corrected chi connectivity index (χ4v) is 3.42. The molecule has 9 heteroatoms. The van der Waals surface area contributed by atoms with Crippen LogP contribution in [0.25, 0.3) is 10.9 Å². The van der Waals surface area contributed by atoms with Gasteiger partial charge in [-0.15, -0.1) is 0 Å². The number of methoxy groups -OCH3 is 2. The van der Waals surface area contributed by atoms with Gasteiger partial charge in [-0.05, 0) is 44.0 Å². The Labute approximate surface area is 203 Å². The normalized spacial score (nSPS) is 11.7. The quantitative estimate of drug-likeness (QED) is 0.280. The number of hydrogen-bond acceptors (Lipinski definition) is 7. The molecule has 1 aromatic heterocycles. The van der Waals surface area contributed by atoms with Gasteiger partial charge in [-0.1, -0.05) is 36.4 Å². The van der Waals surface area contributed by atoms with Crippen molar-refractivity contribution < 1.29 is 33.3 Å². The van der Waals surface area contributed by atoms with Crippen molar-refractivity contribution in [2.24, 2.45) is 4.99 Å². The van der Waals surface area contributed by atoms with Crippen LogP contribution < -0.4 is 4.74 Å². The molecule has 35 heavy (non-hydrogen) atoms. The molecule has 0 aliphatic carbocycles. The van der Waals surface area contributed by atoms with Crippen molar-refractivity contribution in [3.05, 3.63) is 65.9 Å². The number of benzene rings is 2. The third-order valence-electron chi connectivity index (χ3n) is 4.89. The molecule has 0 fully saturated rings. The van der Waals surface area contributed by atoms with Gasteiger partial charge in [0, 0.05) is 18.0 Å². The van der Waals surface area contributed by atoms with E-state index in [-0.39, 0.29) is 18.7 Å². The Morgan fingerprint density at radius 2 is 1.69 bits per heavy atom. The zero-order valence-corrected chi connectivity index (χ0v) is 20.4. The predicted molar refractivity (Wildman–Crippen MR) is 130 cm³/mol. The van der Waals surface area contributed by atoms with E-state index >= 15 is 0 Å². The van der Waals surface area contributed by atoms with Crippen LogP contribution in [0.4, 0.5) is 9.59 Å². The van der Waals surface area contributed by atoms with Crippen LogP contribution in [0.1, 0.15) is 31.9 Å². The molecule has 0 atom stereocenters. The maximum absolute atomic E-state index is 12.9. The Bertz CT molecular complexity index is 1250. The van der Waals surface area contributed by atoms with Gasteiger partial charge in [-0.25, -0.2) is 14.4 Å². The van der Waals surface area contributed by atoms with E-state index in [1.54, 1.807) is 51.1 Å². The highest BCUT2D eigenvalue weighted by Crippen LogP contribution is 2.32. The Balaban J connectivity index is 1.97. The summed E-state index contributed by atoms with van der Waals surface area (Å²) in [6.45, 7) is 5.30. The maximum atomic E-state index is 12.9. The summed E-state index contributed by atoms with van der Waals surface area (Å²) < 4.78 is 22.4. The van der Waals surface area contributed by atoms with Crippen molar-refractivity contribution in [1.29, 1.82) is 0 Å². The number of hydrogen-bond donors (Lipinski definition) is 0. The second-order valence-electron chi connectivity index (χ2n) is 8.63. The van der Waals surface area contributed by atoms with E-state index in [1.165, 1.54) is 25.0 Å². The van der Waals surface area contributed by atoms with E-state index in [9.17, 15) is 14.4 Å². The zero-order chi connectivity index (χ0) is 25.6. The summed E-state index contributed by atoms with van der Waals surface area (Å²) in [5.74, 6) is -0.314. The van der Waals surface area contributed by atoms with Crippen LogP contribution in [0, 0.1) is 0 Å². The van der Waals surface area contributed by atoms with Crippen LogP contribution in [0.3, 0.4) is 0 Å². The SMILES string of the molecule is COC(=O)C(Cc1cn(C(=O)OC(C)(C)C)c2cccc(OC)c12)=NC(=O)OCc1ccccc1. The van der Waals surface area contributed by atoms with E-state index < -0.39 is 23.8 Å². The summed E-state index contributed by atoms with van der Waals surface area (Å²) in [5.41, 5.74) is 0.918. The average Bonchev–Trinajstić information content (AvgIpc) is 3.20. The number of carbonyl (C=O) groups excluding carboxylic acids is 3. The lowest BCUT2D eigenvalue weighted by Gasteiger charge is -2.19. The third-order valence-corrected chi connectivity index (χ3v) is 4.89. The van der Waals surface area contributed by atoms with Gasteiger partial charge in [0.25, 0.3) is 0 Å². The van der Waals surface area contributed by atoms with Crippen LogP contribution in [0.2, 0.25) is 0 Å². The minimum absolute atomic E-state index is 0.00337. The summed E-state index contributed by atoms with van der Waals surface area (Å²) in [6, 6.07) is 14.3. The molecule has 3 aromatic rings. The standard InChI is InChI=1S/C26H28N2O7/c1-26(2,3)35-25(31)28-15-18(22-20(28)12-9-13-21(22)32-4)14-19(23(29)33-5)27-24(30)34-16-17-10-7-6-8-11-17/h6-13,15H,14,16H2,1-5H3. The summed E-state index contributed by atoms with van der Waals surface area (Å²) >= 11 is 0. The summed E-state index contributed by atoms with van der Waals surface area (Å²) in [7, 11) is 2.69. The summed E-state index contributed by atoms with van der Waals surface area (Å²) in [5, 5.41) is 0.579. The fraction of sp³-hybridized carbons (Fsp3) is 0.308. The molecule has 9 nitrogen and oxygen atoms in total. The second-order valence-corrected chi connectivity index (χ2v) is 8.63. The molecule has 0 bridgehead atoms. The molecule has 1 heterocycles. The Hall–Kier alpha value is -4.14. The van der Waals surface area contributed by atoms with E-state index in [1.807, 2.05) is 18.2 Å². The maximum Gasteiger partial charge on any atom is 0.434 e. The van der Waals surface area contributed by atoms with Crippen LogP contribution in [0.15, 0.2) is 59.7 Å². The first-order valence-corrected chi connectivity index (χ1v) is 10.9. The van der Waals surface area contributed by atoms with Gasteiger partial charge < -0.3 is 18.9 Å². The van der Waals surface area contributed by atoms with Gasteiger partial charge in [-0.2, -0.15) is 4.99 Å². The molecule has 0 radical (unpaired) electrons. The summed E-state index contributed by atoms with van der Waals surface area (Å²) in [6.07, 6.45) is -0.104. The first kappa shape index (κ1) is 25.5. The number of rotatable bonds is 6. The van der Waals surface area contributed by atoms with Crippen molar-refractivity contribution in [1.82, 2.24) is 4.57 Å². The molecular formula is C26H28N2O7. The van der Waals surface area contributed by atoms with E-state index in [2.05, 4.69) is 4.99 Å². The highest BCUT2D eigenvalue weighted by molar-refractivity contribution is 6.38. The van der Waals surface area contributed by atoms with Gasteiger partial charge in [0.15, 0.2) is 0 Å². The number of fused-ring (bicyclic) bond motifs is 1. The molecule has 1 amide bonds. The predicted octanol–water partition coefficient (Wildman–Crippen LogP) is 4.93. The topological polar surface area (TPSA) is 105 Å². The van der Waals surface area contributed by atoms with Crippen LogP contribution in [-0.4, -0.2) is 48.3 Å². The average molecular weight is 481 g/mol. The molecule has 0 aliphatic rings. The molecule has 0 aliphatic heterocycles. The molecular weight excluding hydrogens is 452 g/mol. The van der Waals surface area contributed by atoms with Crippen molar-refractivity contribution in [3.8, 4) is 5.75 Å².